The molecule has 2 aromatic rings. The van der Waals surface area contributed by atoms with Crippen molar-refractivity contribution >= 4 is 24.5 Å². The van der Waals surface area contributed by atoms with Crippen LogP contribution in [0, 0.1) is 0 Å². The Morgan fingerprint density at radius 1 is 1.00 bits per heavy atom. The van der Waals surface area contributed by atoms with Gasteiger partial charge in [0.1, 0.15) is 13.7 Å². The van der Waals surface area contributed by atoms with E-state index in [-0.39, 0.29) is 11.8 Å². The van der Waals surface area contributed by atoms with Crippen LogP contribution in [0.4, 0.5) is 4.79 Å². The van der Waals surface area contributed by atoms with Crippen molar-refractivity contribution in [3.8, 4) is 0 Å². The van der Waals surface area contributed by atoms with Gasteiger partial charge in [0.2, 0.25) is 0 Å². The molecule has 0 bridgehead atoms. The van der Waals surface area contributed by atoms with Gasteiger partial charge in [-0.05, 0) is 27.2 Å². The average molecular weight is 384 g/mol. The second-order valence-electron chi connectivity index (χ2n) is 8.28. The number of benzene rings is 2. The predicted octanol–water partition coefficient (Wildman–Crippen LogP) is 4.50. The average Bonchev–Trinajstić information content (AvgIpc) is 2.64. The van der Waals surface area contributed by atoms with Gasteiger partial charge in [-0.3, -0.25) is 0 Å². The number of hydrogen-bond donors (Lipinski definition) is 1. The highest BCUT2D eigenvalue weighted by molar-refractivity contribution is 7.02. The van der Waals surface area contributed by atoms with Crippen molar-refractivity contribution in [1.82, 2.24) is 5.32 Å². The highest BCUT2D eigenvalue weighted by Gasteiger charge is 2.41. The van der Waals surface area contributed by atoms with E-state index in [9.17, 15) is 4.79 Å². The third kappa shape index (κ3) is 5.70. The fourth-order valence-corrected chi connectivity index (χ4v) is 7.60. The van der Waals surface area contributed by atoms with Crippen molar-refractivity contribution in [3.63, 3.8) is 0 Å². The smallest absolute Gasteiger partial charge is 0.407 e. The summed E-state index contributed by atoms with van der Waals surface area (Å²) in [5.41, 5.74) is -0.436. The Hall–Kier alpha value is -2.07. The van der Waals surface area contributed by atoms with Gasteiger partial charge in [0.15, 0.2) is 0 Å². The summed E-state index contributed by atoms with van der Waals surface area (Å²) in [6.45, 7) is 10.2. The summed E-state index contributed by atoms with van der Waals surface area (Å²) in [4.78, 5) is 12.6. The van der Waals surface area contributed by atoms with E-state index in [0.717, 1.165) is 19.3 Å². The lowest BCUT2D eigenvalue weighted by molar-refractivity contribution is 0.0517. The number of rotatable bonds is 7. The lowest BCUT2D eigenvalue weighted by Gasteiger charge is -2.38. The summed E-state index contributed by atoms with van der Waals surface area (Å²) >= 11 is 0. The Bertz CT molecular complexity index is 671. The highest BCUT2D eigenvalue weighted by Crippen LogP contribution is 2.17. The standard InChI is InChI=1S/C23H33NO2Si/c1-6-7-18-21(24-22(25)26-23(2,3)4)27(5,19-14-10-8-11-15-19)20-16-12-9-13-17-20/h8-17,21H,6-7,18H2,1-5H3,(H,24,25)/t21-/m1/s1. The summed E-state index contributed by atoms with van der Waals surface area (Å²) < 4.78 is 5.59. The number of ether oxygens (including phenoxy) is 1. The molecule has 0 spiro atoms. The maximum absolute atomic E-state index is 12.6. The number of unbranched alkanes of at least 4 members (excludes halogenated alkanes) is 1. The summed E-state index contributed by atoms with van der Waals surface area (Å²) in [5, 5.41) is 5.90. The fourth-order valence-electron chi connectivity index (χ4n) is 3.50. The van der Waals surface area contributed by atoms with Gasteiger partial charge in [-0.2, -0.15) is 0 Å². The van der Waals surface area contributed by atoms with Crippen molar-refractivity contribution in [2.24, 2.45) is 0 Å². The summed E-state index contributed by atoms with van der Waals surface area (Å²) in [6.07, 6.45) is 2.79. The first kappa shape index (κ1) is 21.2. The Morgan fingerprint density at radius 3 is 1.89 bits per heavy atom. The van der Waals surface area contributed by atoms with Crippen LogP contribution >= 0.6 is 0 Å². The second-order valence-corrected chi connectivity index (χ2v) is 12.5. The predicted molar refractivity (Wildman–Crippen MR) is 116 cm³/mol. The van der Waals surface area contributed by atoms with Crippen LogP contribution in [0.25, 0.3) is 0 Å². The van der Waals surface area contributed by atoms with Gasteiger partial charge in [0, 0.05) is 5.67 Å². The van der Waals surface area contributed by atoms with Gasteiger partial charge < -0.3 is 10.1 Å². The minimum Gasteiger partial charge on any atom is -0.444 e. The molecule has 0 aliphatic carbocycles. The molecular weight excluding hydrogens is 350 g/mol. The molecule has 2 rings (SSSR count). The molecule has 0 fully saturated rings. The first-order valence-electron chi connectivity index (χ1n) is 9.88. The van der Waals surface area contributed by atoms with Gasteiger partial charge in [0.25, 0.3) is 0 Å². The van der Waals surface area contributed by atoms with E-state index in [1.807, 2.05) is 32.9 Å². The zero-order chi connectivity index (χ0) is 19.9. The molecule has 1 atom stereocenters. The third-order valence-corrected chi connectivity index (χ3v) is 9.87. The topological polar surface area (TPSA) is 38.3 Å². The van der Waals surface area contributed by atoms with Crippen LogP contribution in [0.1, 0.15) is 47.0 Å². The van der Waals surface area contributed by atoms with Gasteiger partial charge in [-0.1, -0.05) is 97.3 Å². The van der Waals surface area contributed by atoms with Crippen LogP contribution < -0.4 is 15.7 Å². The molecule has 4 heteroatoms. The molecule has 2 aromatic carbocycles. The first-order valence-corrected chi connectivity index (χ1v) is 12.5. The monoisotopic (exact) mass is 383 g/mol. The van der Waals surface area contributed by atoms with E-state index >= 15 is 0 Å². The molecule has 0 saturated heterocycles. The molecular formula is C23H33NO2Si. The lowest BCUT2D eigenvalue weighted by atomic mass is 10.2. The maximum atomic E-state index is 12.6. The second kappa shape index (κ2) is 9.22. The molecule has 3 nitrogen and oxygen atoms in total. The molecule has 27 heavy (non-hydrogen) atoms. The maximum Gasteiger partial charge on any atom is 0.407 e. The van der Waals surface area contributed by atoms with Crippen LogP contribution in [0.2, 0.25) is 6.55 Å². The minimum absolute atomic E-state index is 0.0668. The zero-order valence-electron chi connectivity index (χ0n) is 17.3. The normalized spacial score (nSPS) is 13.1. The third-order valence-electron chi connectivity index (χ3n) is 4.98. The Labute approximate surface area is 165 Å². The minimum atomic E-state index is -2.22. The molecule has 1 amide bonds. The number of carbonyl (C=O) groups is 1. The van der Waals surface area contributed by atoms with E-state index in [2.05, 4.69) is 67.3 Å². The number of nitrogens with one attached hydrogen (secondary N) is 1. The van der Waals surface area contributed by atoms with E-state index in [4.69, 9.17) is 4.74 Å². The number of carbonyl (C=O) groups excluding carboxylic acids is 1. The van der Waals surface area contributed by atoms with E-state index in [1.54, 1.807) is 0 Å². The van der Waals surface area contributed by atoms with Gasteiger partial charge in [0.05, 0.1) is 0 Å². The summed E-state index contributed by atoms with van der Waals surface area (Å²) in [5.74, 6) is 0. The Balaban J connectivity index is 2.45. The Kier molecular flexibility index (Phi) is 7.25. The highest BCUT2D eigenvalue weighted by atomic mass is 28.3. The van der Waals surface area contributed by atoms with Crippen LogP contribution in [0.3, 0.4) is 0 Å². The number of hydrogen-bond acceptors (Lipinski definition) is 2. The summed E-state index contributed by atoms with van der Waals surface area (Å²) in [7, 11) is -2.22. The molecule has 0 aliphatic heterocycles. The fraction of sp³-hybridized carbons (Fsp3) is 0.435. The SMILES string of the molecule is CCCC[C@H](NC(=O)OC(C)(C)C)[Si](C)(c1ccccc1)c1ccccc1. The zero-order valence-corrected chi connectivity index (χ0v) is 18.3. The molecule has 0 heterocycles. The van der Waals surface area contributed by atoms with Crippen molar-refractivity contribution in [2.45, 2.75) is 64.8 Å². The van der Waals surface area contributed by atoms with Crippen LogP contribution in [0.15, 0.2) is 60.7 Å². The molecule has 0 aromatic heterocycles. The Morgan fingerprint density at radius 2 is 1.48 bits per heavy atom. The van der Waals surface area contributed by atoms with Crippen molar-refractivity contribution < 1.29 is 9.53 Å². The van der Waals surface area contributed by atoms with Crippen molar-refractivity contribution in [2.75, 3.05) is 0 Å². The quantitative estimate of drug-likeness (QED) is 0.715. The van der Waals surface area contributed by atoms with Gasteiger partial charge in [-0.25, -0.2) is 4.79 Å². The molecule has 0 radical (unpaired) electrons. The molecule has 0 unspecified atom stereocenters. The van der Waals surface area contributed by atoms with Crippen LogP contribution in [0.5, 0.6) is 0 Å². The van der Waals surface area contributed by atoms with Crippen molar-refractivity contribution in [3.05, 3.63) is 60.7 Å². The molecule has 0 saturated carbocycles. The number of alkyl carbamates (subject to hydrolysis) is 1. The van der Waals surface area contributed by atoms with E-state index < -0.39 is 13.7 Å². The van der Waals surface area contributed by atoms with Gasteiger partial charge >= 0.3 is 6.09 Å². The van der Waals surface area contributed by atoms with E-state index in [1.165, 1.54) is 10.4 Å². The largest absolute Gasteiger partial charge is 0.444 e. The molecule has 146 valence electrons. The first-order chi connectivity index (χ1) is 12.8. The number of amides is 1. The van der Waals surface area contributed by atoms with Gasteiger partial charge in [-0.15, -0.1) is 0 Å². The van der Waals surface area contributed by atoms with Crippen LogP contribution in [-0.4, -0.2) is 25.4 Å². The lowest BCUT2D eigenvalue weighted by Crippen LogP contribution is -2.69. The molecule has 0 aliphatic rings. The van der Waals surface area contributed by atoms with Crippen molar-refractivity contribution in [1.29, 1.82) is 0 Å². The van der Waals surface area contributed by atoms with E-state index in [0.29, 0.717) is 0 Å². The summed E-state index contributed by atoms with van der Waals surface area (Å²) in [6, 6.07) is 21.3. The molecule has 1 N–H and O–H groups in total. The van der Waals surface area contributed by atoms with Crippen LogP contribution in [-0.2, 0) is 4.74 Å².